The van der Waals surface area contributed by atoms with Gasteiger partial charge in [-0.05, 0) is 18.2 Å². The first-order valence-electron chi connectivity index (χ1n) is 5.46. The molecule has 0 amide bonds. The number of hydrogen-bond acceptors (Lipinski definition) is 4. The lowest BCUT2D eigenvalue weighted by Gasteiger charge is -2.11. The summed E-state index contributed by atoms with van der Waals surface area (Å²) >= 11 is 0. The van der Waals surface area contributed by atoms with Crippen molar-refractivity contribution < 1.29 is 14.1 Å². The zero-order chi connectivity index (χ0) is 13.8. The second kappa shape index (κ2) is 5.34. The van der Waals surface area contributed by atoms with Crippen molar-refractivity contribution in [1.29, 1.82) is 0 Å². The maximum absolute atomic E-state index is 13.2. The van der Waals surface area contributed by atoms with Gasteiger partial charge < -0.3 is 10.1 Å². The van der Waals surface area contributed by atoms with E-state index in [-0.39, 0.29) is 11.4 Å². The average Bonchev–Trinajstić information content (AvgIpc) is 2.39. The summed E-state index contributed by atoms with van der Waals surface area (Å²) in [6.07, 6.45) is 0. The Labute approximate surface area is 108 Å². The Kier molecular flexibility index (Phi) is 3.61. The van der Waals surface area contributed by atoms with Gasteiger partial charge >= 0.3 is 0 Å². The first-order chi connectivity index (χ1) is 9.11. The van der Waals surface area contributed by atoms with Crippen LogP contribution in [-0.4, -0.2) is 12.0 Å². The van der Waals surface area contributed by atoms with Crippen molar-refractivity contribution in [2.45, 2.75) is 0 Å². The first kappa shape index (κ1) is 12.8. The van der Waals surface area contributed by atoms with Gasteiger partial charge in [0, 0.05) is 12.1 Å². The predicted molar refractivity (Wildman–Crippen MR) is 69.3 cm³/mol. The summed E-state index contributed by atoms with van der Waals surface area (Å²) in [4.78, 5) is 10.3. The zero-order valence-corrected chi connectivity index (χ0v) is 10.1. The highest BCUT2D eigenvalue weighted by atomic mass is 19.1. The van der Waals surface area contributed by atoms with E-state index in [4.69, 9.17) is 4.74 Å². The zero-order valence-electron chi connectivity index (χ0n) is 10.1. The van der Waals surface area contributed by atoms with E-state index >= 15 is 0 Å². The Balaban J connectivity index is 2.42. The molecule has 0 atom stereocenters. The molecule has 19 heavy (non-hydrogen) atoms. The molecule has 0 saturated carbocycles. The normalized spacial score (nSPS) is 10.0. The molecule has 2 rings (SSSR count). The number of para-hydroxylation sites is 2. The van der Waals surface area contributed by atoms with Crippen molar-refractivity contribution >= 4 is 17.1 Å². The van der Waals surface area contributed by atoms with Crippen LogP contribution >= 0.6 is 0 Å². The second-order valence-electron chi connectivity index (χ2n) is 3.74. The van der Waals surface area contributed by atoms with Gasteiger partial charge in [-0.15, -0.1) is 0 Å². The molecule has 0 aliphatic rings. The summed E-state index contributed by atoms with van der Waals surface area (Å²) in [5.74, 6) is -0.0379. The Hall–Kier alpha value is -2.63. The molecule has 98 valence electrons. The van der Waals surface area contributed by atoms with E-state index < -0.39 is 10.7 Å². The molecular formula is C13H11FN2O3. The number of benzene rings is 2. The van der Waals surface area contributed by atoms with Gasteiger partial charge in [0.2, 0.25) is 0 Å². The number of halogens is 1. The molecule has 0 unspecified atom stereocenters. The van der Waals surface area contributed by atoms with E-state index in [2.05, 4.69) is 5.32 Å². The summed E-state index contributed by atoms with van der Waals surface area (Å²) in [6.45, 7) is 0. The van der Waals surface area contributed by atoms with Crippen LogP contribution < -0.4 is 10.1 Å². The number of anilines is 2. The molecule has 0 aromatic heterocycles. The monoisotopic (exact) mass is 262 g/mol. The van der Waals surface area contributed by atoms with E-state index in [1.54, 1.807) is 24.3 Å². The lowest BCUT2D eigenvalue weighted by atomic mass is 10.2. The largest absolute Gasteiger partial charge is 0.495 e. The Morgan fingerprint density at radius 3 is 2.63 bits per heavy atom. The second-order valence-corrected chi connectivity index (χ2v) is 3.74. The van der Waals surface area contributed by atoms with Crippen molar-refractivity contribution in [3.8, 4) is 5.75 Å². The number of nitro groups is 1. The van der Waals surface area contributed by atoms with Gasteiger partial charge in [0.05, 0.1) is 17.7 Å². The number of hydrogen-bond donors (Lipinski definition) is 1. The summed E-state index contributed by atoms with van der Waals surface area (Å²) in [5, 5.41) is 13.7. The summed E-state index contributed by atoms with van der Waals surface area (Å²) in [6, 6.07) is 10.1. The fourth-order valence-electron chi connectivity index (χ4n) is 1.66. The van der Waals surface area contributed by atoms with Gasteiger partial charge in [-0.25, -0.2) is 4.39 Å². The molecule has 0 aliphatic carbocycles. The quantitative estimate of drug-likeness (QED) is 0.676. The molecule has 6 heteroatoms. The molecule has 1 N–H and O–H groups in total. The Morgan fingerprint density at radius 1 is 1.21 bits per heavy atom. The van der Waals surface area contributed by atoms with E-state index in [0.717, 1.165) is 18.2 Å². The molecule has 0 radical (unpaired) electrons. The maximum atomic E-state index is 13.2. The van der Waals surface area contributed by atoms with E-state index in [1.165, 1.54) is 7.11 Å². The van der Waals surface area contributed by atoms with Crippen molar-refractivity contribution in [2.24, 2.45) is 0 Å². The minimum Gasteiger partial charge on any atom is -0.495 e. The summed E-state index contributed by atoms with van der Waals surface area (Å²) in [5.41, 5.74) is 0.403. The van der Waals surface area contributed by atoms with Gasteiger partial charge in [-0.1, -0.05) is 12.1 Å². The highest BCUT2D eigenvalue weighted by Crippen LogP contribution is 2.32. The molecule has 0 bridgehead atoms. The summed E-state index contributed by atoms with van der Waals surface area (Å²) in [7, 11) is 1.49. The van der Waals surface area contributed by atoms with Crippen molar-refractivity contribution in [3.05, 3.63) is 58.4 Å². The number of methoxy groups -OCH3 is 1. The third kappa shape index (κ3) is 2.79. The number of nitro benzene ring substituents is 1. The number of rotatable bonds is 4. The molecule has 2 aromatic carbocycles. The smallest absolute Gasteiger partial charge is 0.292 e. The molecule has 0 aliphatic heterocycles. The van der Waals surface area contributed by atoms with Gasteiger partial charge in [0.15, 0.2) is 0 Å². The SMILES string of the molecule is COc1ccccc1Nc1cc(F)ccc1[N+](=O)[O-]. The third-order valence-electron chi connectivity index (χ3n) is 2.53. The fraction of sp³-hybridized carbons (Fsp3) is 0.0769. The van der Waals surface area contributed by atoms with Crippen LogP contribution in [0, 0.1) is 15.9 Å². The van der Waals surface area contributed by atoms with E-state index in [1.807, 2.05) is 0 Å². The van der Waals surface area contributed by atoms with Crippen LogP contribution in [0.1, 0.15) is 0 Å². The minimum absolute atomic E-state index is 0.0782. The van der Waals surface area contributed by atoms with E-state index in [9.17, 15) is 14.5 Å². The average molecular weight is 262 g/mol. The Morgan fingerprint density at radius 2 is 1.95 bits per heavy atom. The molecule has 0 saturated heterocycles. The molecule has 0 heterocycles. The van der Waals surface area contributed by atoms with Crippen LogP contribution in [0.25, 0.3) is 0 Å². The first-order valence-corrected chi connectivity index (χ1v) is 5.46. The third-order valence-corrected chi connectivity index (χ3v) is 2.53. The molecule has 5 nitrogen and oxygen atoms in total. The van der Waals surface area contributed by atoms with Crippen LogP contribution in [0.15, 0.2) is 42.5 Å². The van der Waals surface area contributed by atoms with E-state index in [0.29, 0.717) is 11.4 Å². The number of nitrogens with zero attached hydrogens (tertiary/aromatic N) is 1. The lowest BCUT2D eigenvalue weighted by molar-refractivity contribution is -0.384. The van der Waals surface area contributed by atoms with Crippen LogP contribution in [0.3, 0.4) is 0 Å². The fourth-order valence-corrected chi connectivity index (χ4v) is 1.66. The van der Waals surface area contributed by atoms with Crippen molar-refractivity contribution in [3.63, 3.8) is 0 Å². The maximum Gasteiger partial charge on any atom is 0.292 e. The standard InChI is InChI=1S/C13H11FN2O3/c1-19-13-5-3-2-4-10(13)15-11-8-9(14)6-7-12(11)16(17)18/h2-8,15H,1H3. The highest BCUT2D eigenvalue weighted by Gasteiger charge is 2.15. The topological polar surface area (TPSA) is 64.4 Å². The van der Waals surface area contributed by atoms with Gasteiger partial charge in [-0.3, -0.25) is 10.1 Å². The van der Waals surface area contributed by atoms with Crippen molar-refractivity contribution in [1.82, 2.24) is 0 Å². The van der Waals surface area contributed by atoms with Gasteiger partial charge in [0.1, 0.15) is 17.3 Å². The van der Waals surface area contributed by atoms with Crippen LogP contribution in [0.5, 0.6) is 5.75 Å². The van der Waals surface area contributed by atoms with Gasteiger partial charge in [0.25, 0.3) is 5.69 Å². The molecule has 0 fully saturated rings. The Bertz CT molecular complexity index is 617. The van der Waals surface area contributed by atoms with Crippen LogP contribution in [-0.2, 0) is 0 Å². The molecule has 0 spiro atoms. The predicted octanol–water partition coefficient (Wildman–Crippen LogP) is 3.49. The van der Waals surface area contributed by atoms with Crippen LogP contribution in [0.2, 0.25) is 0 Å². The molecule has 2 aromatic rings. The van der Waals surface area contributed by atoms with Crippen molar-refractivity contribution in [2.75, 3.05) is 12.4 Å². The highest BCUT2D eigenvalue weighted by molar-refractivity contribution is 5.72. The lowest BCUT2D eigenvalue weighted by Crippen LogP contribution is -1.99. The number of nitrogens with one attached hydrogen (secondary N) is 1. The summed E-state index contributed by atoms with van der Waals surface area (Å²) < 4.78 is 18.3. The van der Waals surface area contributed by atoms with Crippen LogP contribution in [0.4, 0.5) is 21.5 Å². The number of ether oxygens (including phenoxy) is 1. The molecular weight excluding hydrogens is 251 g/mol. The minimum atomic E-state index is -0.572. The van der Waals surface area contributed by atoms with Gasteiger partial charge in [-0.2, -0.15) is 0 Å².